The SMILES string of the molecule is CNC(=O)c1ccc(CN(C)C(=O)/C(=C/c2ccccc2)NC(C)=O)cc1. The molecule has 3 amide bonds. The van der Waals surface area contributed by atoms with Crippen molar-refractivity contribution in [2.45, 2.75) is 13.5 Å². The van der Waals surface area contributed by atoms with Crippen LogP contribution in [0.15, 0.2) is 60.3 Å². The summed E-state index contributed by atoms with van der Waals surface area (Å²) in [4.78, 5) is 37.4. The second-order valence-corrected chi connectivity index (χ2v) is 6.09. The lowest BCUT2D eigenvalue weighted by molar-refractivity contribution is -0.128. The van der Waals surface area contributed by atoms with E-state index in [1.54, 1.807) is 44.4 Å². The highest BCUT2D eigenvalue weighted by molar-refractivity contribution is 6.00. The van der Waals surface area contributed by atoms with Crippen LogP contribution in [0.1, 0.15) is 28.4 Å². The van der Waals surface area contributed by atoms with Crippen molar-refractivity contribution >= 4 is 23.8 Å². The maximum atomic E-state index is 12.8. The maximum absolute atomic E-state index is 12.8. The second-order valence-electron chi connectivity index (χ2n) is 6.09. The first-order valence-corrected chi connectivity index (χ1v) is 8.51. The average molecular weight is 365 g/mol. The van der Waals surface area contributed by atoms with Crippen molar-refractivity contribution in [2.75, 3.05) is 14.1 Å². The Morgan fingerprint density at radius 1 is 1.00 bits per heavy atom. The van der Waals surface area contributed by atoms with Gasteiger partial charge in [-0.15, -0.1) is 0 Å². The molecule has 6 heteroatoms. The van der Waals surface area contributed by atoms with E-state index in [4.69, 9.17) is 0 Å². The molecule has 6 nitrogen and oxygen atoms in total. The van der Waals surface area contributed by atoms with Gasteiger partial charge < -0.3 is 15.5 Å². The van der Waals surface area contributed by atoms with Gasteiger partial charge in [0.05, 0.1) is 0 Å². The Labute approximate surface area is 158 Å². The molecule has 140 valence electrons. The molecular formula is C21H23N3O3. The molecule has 0 saturated heterocycles. The average Bonchev–Trinajstić information content (AvgIpc) is 2.67. The van der Waals surface area contributed by atoms with Crippen LogP contribution in [0.4, 0.5) is 0 Å². The van der Waals surface area contributed by atoms with Gasteiger partial charge in [0.15, 0.2) is 0 Å². The molecule has 2 rings (SSSR count). The molecule has 0 aliphatic carbocycles. The smallest absolute Gasteiger partial charge is 0.270 e. The Morgan fingerprint density at radius 2 is 1.63 bits per heavy atom. The molecule has 2 aromatic rings. The van der Waals surface area contributed by atoms with E-state index < -0.39 is 0 Å². The predicted molar refractivity (Wildman–Crippen MR) is 105 cm³/mol. The van der Waals surface area contributed by atoms with Crippen molar-refractivity contribution in [2.24, 2.45) is 0 Å². The zero-order valence-electron chi connectivity index (χ0n) is 15.7. The van der Waals surface area contributed by atoms with Crippen LogP contribution in [0.25, 0.3) is 6.08 Å². The maximum Gasteiger partial charge on any atom is 0.270 e. The number of rotatable bonds is 6. The Hall–Kier alpha value is -3.41. The third-order valence-corrected chi connectivity index (χ3v) is 3.86. The number of nitrogens with one attached hydrogen (secondary N) is 2. The molecule has 2 N–H and O–H groups in total. The number of hydrogen-bond acceptors (Lipinski definition) is 3. The molecule has 0 aromatic heterocycles. The number of carbonyl (C=O) groups excluding carboxylic acids is 3. The predicted octanol–water partition coefficient (Wildman–Crippen LogP) is 2.18. The van der Waals surface area contributed by atoms with Crippen LogP contribution < -0.4 is 10.6 Å². The fourth-order valence-electron chi connectivity index (χ4n) is 2.51. The van der Waals surface area contributed by atoms with Crippen LogP contribution in [0, 0.1) is 0 Å². The Morgan fingerprint density at radius 3 is 2.19 bits per heavy atom. The Balaban J connectivity index is 2.15. The van der Waals surface area contributed by atoms with Crippen molar-refractivity contribution in [3.63, 3.8) is 0 Å². The number of likely N-dealkylation sites (N-methyl/N-ethyl adjacent to an activating group) is 1. The van der Waals surface area contributed by atoms with Crippen molar-refractivity contribution in [1.29, 1.82) is 0 Å². The molecule has 0 bridgehead atoms. The van der Waals surface area contributed by atoms with Gasteiger partial charge in [-0.2, -0.15) is 0 Å². The first kappa shape index (κ1) is 19.9. The van der Waals surface area contributed by atoms with Crippen molar-refractivity contribution in [3.05, 3.63) is 77.0 Å². The minimum atomic E-state index is -0.311. The molecule has 2 aromatic carbocycles. The third-order valence-electron chi connectivity index (χ3n) is 3.86. The van der Waals surface area contributed by atoms with Crippen LogP contribution in [0.2, 0.25) is 0 Å². The Kier molecular flexibility index (Phi) is 6.88. The van der Waals surface area contributed by atoms with E-state index in [-0.39, 0.29) is 23.4 Å². The molecule has 0 heterocycles. The minimum absolute atomic E-state index is 0.162. The largest absolute Gasteiger partial charge is 0.355 e. The number of nitrogens with zero attached hydrogens (tertiary/aromatic N) is 1. The molecule has 0 atom stereocenters. The van der Waals surface area contributed by atoms with Crippen LogP contribution >= 0.6 is 0 Å². The van der Waals surface area contributed by atoms with E-state index in [9.17, 15) is 14.4 Å². The summed E-state index contributed by atoms with van der Waals surface area (Å²) in [6, 6.07) is 16.3. The molecule has 0 aliphatic heterocycles. The van der Waals surface area contributed by atoms with Crippen molar-refractivity contribution in [1.82, 2.24) is 15.5 Å². The van der Waals surface area contributed by atoms with E-state index in [1.807, 2.05) is 30.3 Å². The molecule has 0 spiro atoms. The number of carbonyl (C=O) groups is 3. The van der Waals surface area contributed by atoms with E-state index in [0.717, 1.165) is 11.1 Å². The number of hydrogen-bond donors (Lipinski definition) is 2. The fraction of sp³-hybridized carbons (Fsp3) is 0.190. The van der Waals surface area contributed by atoms with Crippen LogP contribution in [-0.4, -0.2) is 36.7 Å². The molecule has 0 fully saturated rings. The summed E-state index contributed by atoms with van der Waals surface area (Å²) >= 11 is 0. The first-order valence-electron chi connectivity index (χ1n) is 8.51. The lowest BCUT2D eigenvalue weighted by atomic mass is 10.1. The highest BCUT2D eigenvalue weighted by atomic mass is 16.2. The van der Waals surface area contributed by atoms with Crippen LogP contribution in [0.5, 0.6) is 0 Å². The normalized spacial score (nSPS) is 10.9. The fourth-order valence-corrected chi connectivity index (χ4v) is 2.51. The standard InChI is InChI=1S/C21H23N3O3/c1-15(25)23-19(13-16-7-5-4-6-8-16)21(27)24(3)14-17-9-11-18(12-10-17)20(26)22-2/h4-13H,14H2,1-3H3,(H,22,26)(H,23,25)/b19-13-. The zero-order chi connectivity index (χ0) is 19.8. The van der Waals surface area contributed by atoms with Gasteiger partial charge in [0.1, 0.15) is 5.70 Å². The van der Waals surface area contributed by atoms with Gasteiger partial charge in [0.25, 0.3) is 11.8 Å². The van der Waals surface area contributed by atoms with Gasteiger partial charge in [-0.3, -0.25) is 14.4 Å². The minimum Gasteiger partial charge on any atom is -0.355 e. The summed E-state index contributed by atoms with van der Waals surface area (Å²) < 4.78 is 0. The quantitative estimate of drug-likeness (QED) is 0.770. The van der Waals surface area contributed by atoms with Gasteiger partial charge in [0.2, 0.25) is 5.91 Å². The highest BCUT2D eigenvalue weighted by Crippen LogP contribution is 2.11. The monoisotopic (exact) mass is 365 g/mol. The molecule has 27 heavy (non-hydrogen) atoms. The second kappa shape index (κ2) is 9.33. The van der Waals surface area contributed by atoms with Gasteiger partial charge in [-0.1, -0.05) is 42.5 Å². The first-order chi connectivity index (χ1) is 12.9. The van der Waals surface area contributed by atoms with Gasteiger partial charge in [-0.25, -0.2) is 0 Å². The van der Waals surface area contributed by atoms with Crippen molar-refractivity contribution < 1.29 is 14.4 Å². The number of amides is 3. The summed E-state index contributed by atoms with van der Waals surface area (Å²) in [5, 5.41) is 5.17. The summed E-state index contributed by atoms with van der Waals surface area (Å²) in [5.74, 6) is -0.775. The molecule has 0 radical (unpaired) electrons. The van der Waals surface area contributed by atoms with Gasteiger partial charge >= 0.3 is 0 Å². The van der Waals surface area contributed by atoms with E-state index in [2.05, 4.69) is 10.6 Å². The van der Waals surface area contributed by atoms with Crippen LogP contribution in [-0.2, 0) is 16.1 Å². The van der Waals surface area contributed by atoms with E-state index in [1.165, 1.54) is 11.8 Å². The summed E-state index contributed by atoms with van der Waals surface area (Å²) in [5.41, 5.74) is 2.45. The lowest BCUT2D eigenvalue weighted by Crippen LogP contribution is -2.35. The molecular weight excluding hydrogens is 342 g/mol. The van der Waals surface area contributed by atoms with Gasteiger partial charge in [0, 0.05) is 33.1 Å². The summed E-state index contributed by atoms with van der Waals surface area (Å²) in [7, 11) is 3.24. The molecule has 0 aliphatic rings. The van der Waals surface area contributed by atoms with Gasteiger partial charge in [-0.05, 0) is 29.3 Å². The highest BCUT2D eigenvalue weighted by Gasteiger charge is 2.16. The Bertz CT molecular complexity index is 843. The van der Waals surface area contributed by atoms with E-state index in [0.29, 0.717) is 12.1 Å². The molecule has 0 unspecified atom stereocenters. The number of benzene rings is 2. The molecule has 0 saturated carbocycles. The lowest BCUT2D eigenvalue weighted by Gasteiger charge is -2.19. The van der Waals surface area contributed by atoms with Crippen LogP contribution in [0.3, 0.4) is 0 Å². The summed E-state index contributed by atoms with van der Waals surface area (Å²) in [6.07, 6.45) is 1.65. The zero-order valence-corrected chi connectivity index (χ0v) is 15.7. The summed E-state index contributed by atoms with van der Waals surface area (Å²) in [6.45, 7) is 1.71. The topological polar surface area (TPSA) is 78.5 Å². The third kappa shape index (κ3) is 5.81. The van der Waals surface area contributed by atoms with Crippen molar-refractivity contribution in [3.8, 4) is 0 Å². The van der Waals surface area contributed by atoms with E-state index >= 15 is 0 Å².